The Balaban J connectivity index is 3.11. The van der Waals surface area contributed by atoms with Crippen LogP contribution in [0.3, 0.4) is 0 Å². The predicted molar refractivity (Wildman–Crippen MR) is 71.5 cm³/mol. The monoisotopic (exact) mass is 238 g/mol. The van der Waals surface area contributed by atoms with E-state index in [-0.39, 0.29) is 5.54 Å². The third kappa shape index (κ3) is 3.24. The van der Waals surface area contributed by atoms with Gasteiger partial charge in [0, 0.05) is 5.56 Å². The molecule has 0 aliphatic rings. The minimum atomic E-state index is -0.156. The number of hydrogen-bond donors (Lipinski definition) is 1. The molecule has 3 nitrogen and oxygen atoms in total. The van der Waals surface area contributed by atoms with Crippen LogP contribution in [0.15, 0.2) is 0 Å². The molecule has 0 radical (unpaired) electrons. The summed E-state index contributed by atoms with van der Waals surface area (Å²) in [6, 6.07) is 0. The quantitative estimate of drug-likeness (QED) is 0.850. The first-order valence-corrected chi connectivity index (χ1v) is 6.72. The molecule has 0 aliphatic carbocycles. The zero-order valence-electron chi connectivity index (χ0n) is 11.9. The van der Waals surface area contributed by atoms with Crippen molar-refractivity contribution < 1.29 is 5.11 Å². The van der Waals surface area contributed by atoms with Gasteiger partial charge < -0.3 is 5.11 Å². The normalized spacial score (nSPS) is 12.1. The van der Waals surface area contributed by atoms with E-state index in [1.165, 1.54) is 0 Å². The summed E-state index contributed by atoms with van der Waals surface area (Å²) in [6.45, 7) is 10.5. The topological polar surface area (TPSA) is 38.0 Å². The summed E-state index contributed by atoms with van der Waals surface area (Å²) in [5.74, 6) is 0.370. The predicted octanol–water partition coefficient (Wildman–Crippen LogP) is 3.64. The van der Waals surface area contributed by atoms with Crippen molar-refractivity contribution in [1.29, 1.82) is 0 Å². The van der Waals surface area contributed by atoms with Crippen LogP contribution in [0.4, 0.5) is 0 Å². The van der Waals surface area contributed by atoms with E-state index in [0.717, 1.165) is 43.4 Å². The second kappa shape index (κ2) is 5.56. The van der Waals surface area contributed by atoms with Crippen LogP contribution in [0.25, 0.3) is 0 Å². The Kier molecular flexibility index (Phi) is 4.61. The van der Waals surface area contributed by atoms with Gasteiger partial charge in [-0.1, -0.05) is 26.7 Å². The van der Waals surface area contributed by atoms with E-state index in [0.29, 0.717) is 5.88 Å². The van der Waals surface area contributed by atoms with Crippen LogP contribution in [-0.2, 0) is 18.4 Å². The molecule has 0 aliphatic heterocycles. The third-order valence-electron chi connectivity index (χ3n) is 2.94. The molecule has 98 valence electrons. The Morgan fingerprint density at radius 1 is 1.12 bits per heavy atom. The highest BCUT2D eigenvalue weighted by Crippen LogP contribution is 2.29. The Labute approximate surface area is 105 Å². The molecule has 0 bridgehead atoms. The molecule has 0 amide bonds. The van der Waals surface area contributed by atoms with Gasteiger partial charge in [0.05, 0.1) is 11.2 Å². The molecule has 0 fully saturated rings. The maximum atomic E-state index is 10.3. The van der Waals surface area contributed by atoms with Gasteiger partial charge in [-0.25, -0.2) is 4.68 Å². The molecule has 0 aromatic carbocycles. The molecular formula is C14H26N2O. The number of aryl methyl sites for hydroxylation is 1. The molecule has 0 saturated carbocycles. The molecule has 1 aromatic heterocycles. The average Bonchev–Trinajstić information content (AvgIpc) is 2.53. The van der Waals surface area contributed by atoms with Crippen molar-refractivity contribution in [2.24, 2.45) is 0 Å². The molecular weight excluding hydrogens is 212 g/mol. The maximum Gasteiger partial charge on any atom is 0.213 e. The molecule has 0 saturated heterocycles. The first-order chi connectivity index (χ1) is 7.91. The van der Waals surface area contributed by atoms with Crippen molar-refractivity contribution in [2.45, 2.75) is 72.3 Å². The summed E-state index contributed by atoms with van der Waals surface area (Å²) in [5.41, 5.74) is 1.98. The minimum absolute atomic E-state index is 0.156. The minimum Gasteiger partial charge on any atom is -0.493 e. The van der Waals surface area contributed by atoms with Gasteiger partial charge in [-0.15, -0.1) is 0 Å². The van der Waals surface area contributed by atoms with Crippen LogP contribution < -0.4 is 0 Å². The lowest BCUT2D eigenvalue weighted by Crippen LogP contribution is -2.22. The zero-order valence-corrected chi connectivity index (χ0v) is 11.9. The van der Waals surface area contributed by atoms with Gasteiger partial charge in [-0.3, -0.25) is 0 Å². The molecule has 0 unspecified atom stereocenters. The van der Waals surface area contributed by atoms with Crippen LogP contribution in [0, 0.1) is 0 Å². The highest BCUT2D eigenvalue weighted by molar-refractivity contribution is 5.32. The van der Waals surface area contributed by atoms with Gasteiger partial charge in [0.1, 0.15) is 0 Å². The second-order valence-electron chi connectivity index (χ2n) is 5.69. The highest BCUT2D eigenvalue weighted by Gasteiger charge is 2.23. The highest BCUT2D eigenvalue weighted by atomic mass is 16.3. The fourth-order valence-electron chi connectivity index (χ4n) is 2.00. The molecule has 0 atom stereocenters. The van der Waals surface area contributed by atoms with Gasteiger partial charge in [0.2, 0.25) is 5.88 Å². The summed E-state index contributed by atoms with van der Waals surface area (Å²) >= 11 is 0. The van der Waals surface area contributed by atoms with Crippen molar-refractivity contribution >= 4 is 0 Å². The molecule has 1 heterocycles. The number of aromatic nitrogens is 2. The standard InChI is InChI=1S/C14H26N2O/c1-6-8-10-11-12(9-7-2)15-16(13(11)17)14(3,4)5/h17H,6-10H2,1-5H3. The van der Waals surface area contributed by atoms with Gasteiger partial charge in [-0.05, 0) is 40.0 Å². The van der Waals surface area contributed by atoms with Crippen LogP contribution in [-0.4, -0.2) is 14.9 Å². The zero-order chi connectivity index (χ0) is 13.1. The summed E-state index contributed by atoms with van der Waals surface area (Å²) in [5, 5.41) is 14.9. The molecule has 1 N–H and O–H groups in total. The van der Waals surface area contributed by atoms with Crippen molar-refractivity contribution in [2.75, 3.05) is 0 Å². The van der Waals surface area contributed by atoms with E-state index in [1.807, 2.05) is 0 Å². The van der Waals surface area contributed by atoms with E-state index in [4.69, 9.17) is 0 Å². The molecule has 1 rings (SSSR count). The van der Waals surface area contributed by atoms with Gasteiger partial charge >= 0.3 is 0 Å². The Morgan fingerprint density at radius 2 is 1.76 bits per heavy atom. The van der Waals surface area contributed by atoms with Crippen molar-refractivity contribution in [3.05, 3.63) is 11.3 Å². The number of aromatic hydroxyl groups is 1. The van der Waals surface area contributed by atoms with E-state index < -0.39 is 0 Å². The van der Waals surface area contributed by atoms with Crippen molar-refractivity contribution in [3.8, 4) is 5.88 Å². The second-order valence-corrected chi connectivity index (χ2v) is 5.69. The van der Waals surface area contributed by atoms with Crippen LogP contribution in [0.1, 0.15) is 65.1 Å². The molecule has 17 heavy (non-hydrogen) atoms. The van der Waals surface area contributed by atoms with Crippen LogP contribution in [0.5, 0.6) is 5.88 Å². The molecule has 0 spiro atoms. The number of nitrogens with zero attached hydrogens (tertiary/aromatic N) is 2. The van der Waals surface area contributed by atoms with E-state index in [2.05, 4.69) is 39.7 Å². The van der Waals surface area contributed by atoms with Gasteiger partial charge in [0.25, 0.3) is 0 Å². The summed E-state index contributed by atoms with van der Waals surface area (Å²) < 4.78 is 1.77. The summed E-state index contributed by atoms with van der Waals surface area (Å²) in [6.07, 6.45) is 5.22. The number of unbranched alkanes of at least 4 members (excludes halogenated alkanes) is 1. The van der Waals surface area contributed by atoms with E-state index in [1.54, 1.807) is 4.68 Å². The number of rotatable bonds is 5. The lowest BCUT2D eigenvalue weighted by atomic mass is 10.1. The first-order valence-electron chi connectivity index (χ1n) is 6.72. The Hall–Kier alpha value is -0.990. The lowest BCUT2D eigenvalue weighted by molar-refractivity contribution is 0.292. The summed E-state index contributed by atoms with van der Waals surface area (Å²) in [4.78, 5) is 0. The summed E-state index contributed by atoms with van der Waals surface area (Å²) in [7, 11) is 0. The van der Waals surface area contributed by atoms with E-state index in [9.17, 15) is 5.11 Å². The lowest BCUT2D eigenvalue weighted by Gasteiger charge is -2.20. The fraction of sp³-hybridized carbons (Fsp3) is 0.786. The smallest absolute Gasteiger partial charge is 0.213 e. The van der Waals surface area contributed by atoms with E-state index >= 15 is 0 Å². The van der Waals surface area contributed by atoms with Gasteiger partial charge in [-0.2, -0.15) is 5.10 Å². The number of hydrogen-bond acceptors (Lipinski definition) is 2. The molecule has 1 aromatic rings. The van der Waals surface area contributed by atoms with Crippen molar-refractivity contribution in [1.82, 2.24) is 9.78 Å². The van der Waals surface area contributed by atoms with Crippen LogP contribution in [0.2, 0.25) is 0 Å². The van der Waals surface area contributed by atoms with Crippen molar-refractivity contribution in [3.63, 3.8) is 0 Å². The largest absolute Gasteiger partial charge is 0.493 e. The maximum absolute atomic E-state index is 10.3. The van der Waals surface area contributed by atoms with Crippen LogP contribution >= 0.6 is 0 Å². The first kappa shape index (κ1) is 14.1. The Morgan fingerprint density at radius 3 is 2.24 bits per heavy atom. The SMILES string of the molecule is CCCCc1c(CCC)nn(C(C)(C)C)c1O. The third-order valence-corrected chi connectivity index (χ3v) is 2.94. The fourth-order valence-corrected chi connectivity index (χ4v) is 2.00. The average molecular weight is 238 g/mol. The Bertz CT molecular complexity index is 361. The molecule has 3 heteroatoms. The van der Waals surface area contributed by atoms with Gasteiger partial charge in [0.15, 0.2) is 0 Å².